The molecular weight excluding hydrogens is 320 g/mol. The molecule has 8 heteroatoms. The third-order valence-corrected chi connectivity index (χ3v) is 5.39. The summed E-state index contributed by atoms with van der Waals surface area (Å²) < 4.78 is 1.50. The highest BCUT2D eigenvalue weighted by molar-refractivity contribution is 5.95. The van der Waals surface area contributed by atoms with Gasteiger partial charge in [0.2, 0.25) is 5.91 Å². The fraction of sp³-hybridized carbons (Fsp3) is 0.471. The first-order valence-corrected chi connectivity index (χ1v) is 8.61. The van der Waals surface area contributed by atoms with Crippen LogP contribution >= 0.6 is 0 Å². The first kappa shape index (κ1) is 15.7. The van der Waals surface area contributed by atoms with Crippen molar-refractivity contribution in [3.8, 4) is 5.69 Å². The molecule has 2 saturated carbocycles. The van der Waals surface area contributed by atoms with E-state index in [1.807, 2.05) is 0 Å². The predicted molar refractivity (Wildman–Crippen MR) is 88.3 cm³/mol. The van der Waals surface area contributed by atoms with E-state index in [1.165, 1.54) is 30.3 Å². The van der Waals surface area contributed by atoms with Crippen molar-refractivity contribution in [3.63, 3.8) is 0 Å². The molecule has 0 radical (unpaired) electrons. The van der Waals surface area contributed by atoms with E-state index in [2.05, 4.69) is 26.4 Å². The molecule has 2 aromatic rings. The summed E-state index contributed by atoms with van der Waals surface area (Å²) in [6, 6.07) is 6.80. The molecule has 1 heterocycles. The number of carbonyl (C=O) groups is 2. The lowest BCUT2D eigenvalue weighted by Gasteiger charge is -2.20. The number of benzene rings is 1. The highest BCUT2D eigenvalue weighted by Gasteiger charge is 2.40. The molecule has 8 nitrogen and oxygen atoms in total. The van der Waals surface area contributed by atoms with E-state index in [0.717, 1.165) is 18.0 Å². The number of nitrogens with zero attached hydrogens (tertiary/aromatic N) is 4. The van der Waals surface area contributed by atoms with E-state index in [0.29, 0.717) is 23.8 Å². The van der Waals surface area contributed by atoms with Crippen molar-refractivity contribution in [2.24, 2.45) is 17.8 Å². The molecule has 1 aromatic carbocycles. The highest BCUT2D eigenvalue weighted by atomic mass is 16.2. The minimum atomic E-state index is -0.343. The summed E-state index contributed by atoms with van der Waals surface area (Å²) >= 11 is 0. The van der Waals surface area contributed by atoms with Gasteiger partial charge in [0.25, 0.3) is 5.91 Å². The number of hydrazine groups is 1. The van der Waals surface area contributed by atoms with Crippen LogP contribution in [0, 0.1) is 17.8 Å². The molecular formula is C17H20N6O2. The fourth-order valence-electron chi connectivity index (χ4n) is 4.16. The summed E-state index contributed by atoms with van der Waals surface area (Å²) in [5.41, 5.74) is 6.23. The normalized spacial score (nSPS) is 24.2. The van der Waals surface area contributed by atoms with Gasteiger partial charge in [-0.05, 0) is 71.7 Å². The molecule has 2 aliphatic carbocycles. The average Bonchev–Trinajstić information content (AvgIpc) is 3.37. The van der Waals surface area contributed by atoms with E-state index >= 15 is 0 Å². The number of carbonyl (C=O) groups excluding carboxylic acids is 2. The van der Waals surface area contributed by atoms with Crippen molar-refractivity contribution in [2.45, 2.75) is 32.1 Å². The summed E-state index contributed by atoms with van der Waals surface area (Å²) in [6.07, 6.45) is 6.98. The van der Waals surface area contributed by atoms with Crippen LogP contribution in [0.1, 0.15) is 42.5 Å². The molecule has 2 amide bonds. The molecule has 3 unspecified atom stereocenters. The topological polar surface area (TPSA) is 102 Å². The Morgan fingerprint density at radius 3 is 2.60 bits per heavy atom. The predicted octanol–water partition coefficient (Wildman–Crippen LogP) is 1.25. The summed E-state index contributed by atoms with van der Waals surface area (Å²) in [4.78, 5) is 24.2. The van der Waals surface area contributed by atoms with Gasteiger partial charge in [-0.25, -0.2) is 4.68 Å². The molecule has 3 atom stereocenters. The molecule has 25 heavy (non-hydrogen) atoms. The first-order chi connectivity index (χ1) is 12.2. The van der Waals surface area contributed by atoms with Crippen molar-refractivity contribution in [3.05, 3.63) is 36.2 Å². The van der Waals surface area contributed by atoms with Gasteiger partial charge < -0.3 is 0 Å². The van der Waals surface area contributed by atoms with Crippen LogP contribution in [0.4, 0.5) is 0 Å². The SMILES string of the molecule is O=C(CC1CC2CCC1C2)NNC(=O)c1ccc(-n2cnnn2)cc1. The molecule has 2 N–H and O–H groups in total. The van der Waals surface area contributed by atoms with Crippen LogP contribution in [0.25, 0.3) is 5.69 Å². The molecule has 2 fully saturated rings. The molecule has 130 valence electrons. The Morgan fingerprint density at radius 2 is 1.96 bits per heavy atom. The lowest BCUT2D eigenvalue weighted by Crippen LogP contribution is -2.42. The number of tetrazole rings is 1. The van der Waals surface area contributed by atoms with Crippen molar-refractivity contribution < 1.29 is 9.59 Å². The smallest absolute Gasteiger partial charge is 0.269 e. The monoisotopic (exact) mass is 340 g/mol. The van der Waals surface area contributed by atoms with Gasteiger partial charge in [-0.2, -0.15) is 0 Å². The summed E-state index contributed by atoms with van der Waals surface area (Å²) in [5, 5.41) is 10.9. The van der Waals surface area contributed by atoms with Gasteiger partial charge in [0, 0.05) is 12.0 Å². The number of hydrogen-bond donors (Lipinski definition) is 2. The number of hydrogen-bond acceptors (Lipinski definition) is 5. The Balaban J connectivity index is 1.27. The van der Waals surface area contributed by atoms with Crippen molar-refractivity contribution in [1.29, 1.82) is 0 Å². The maximum absolute atomic E-state index is 12.1. The number of rotatable bonds is 4. The maximum atomic E-state index is 12.1. The number of nitrogens with one attached hydrogen (secondary N) is 2. The van der Waals surface area contributed by atoms with E-state index in [9.17, 15) is 9.59 Å². The standard InChI is InChI=1S/C17H20N6O2/c24-16(9-14-8-11-1-2-13(14)7-11)19-20-17(25)12-3-5-15(6-4-12)23-10-18-21-22-23/h3-6,10-11,13-14H,1-2,7-9H2,(H,19,24)(H,20,25). The molecule has 2 aliphatic rings. The van der Waals surface area contributed by atoms with Crippen LogP contribution in [0.15, 0.2) is 30.6 Å². The fourth-order valence-corrected chi connectivity index (χ4v) is 4.16. The van der Waals surface area contributed by atoms with E-state index < -0.39 is 0 Å². The second kappa shape index (κ2) is 6.62. The zero-order valence-electron chi connectivity index (χ0n) is 13.8. The van der Waals surface area contributed by atoms with Gasteiger partial charge in [0.05, 0.1) is 5.69 Å². The Kier molecular flexibility index (Phi) is 4.17. The number of aromatic nitrogens is 4. The van der Waals surface area contributed by atoms with Crippen LogP contribution < -0.4 is 10.9 Å². The summed E-state index contributed by atoms with van der Waals surface area (Å²) in [6.45, 7) is 0. The summed E-state index contributed by atoms with van der Waals surface area (Å²) in [5.74, 6) is 1.54. The largest absolute Gasteiger partial charge is 0.273 e. The van der Waals surface area contributed by atoms with Gasteiger partial charge in [0.1, 0.15) is 6.33 Å². The Labute approximate surface area is 145 Å². The molecule has 1 aromatic heterocycles. The van der Waals surface area contributed by atoms with E-state index in [-0.39, 0.29) is 11.8 Å². The molecule has 0 spiro atoms. The third kappa shape index (κ3) is 3.38. The highest BCUT2D eigenvalue weighted by Crippen LogP contribution is 2.49. The van der Waals surface area contributed by atoms with Gasteiger partial charge >= 0.3 is 0 Å². The molecule has 0 aliphatic heterocycles. The number of amides is 2. The van der Waals surface area contributed by atoms with E-state index in [4.69, 9.17) is 0 Å². The van der Waals surface area contributed by atoms with Gasteiger partial charge in [-0.3, -0.25) is 20.4 Å². The lowest BCUT2D eigenvalue weighted by molar-refractivity contribution is -0.123. The Hall–Kier alpha value is -2.77. The Bertz CT molecular complexity index is 758. The third-order valence-electron chi connectivity index (χ3n) is 5.39. The van der Waals surface area contributed by atoms with Gasteiger partial charge in [0.15, 0.2) is 0 Å². The van der Waals surface area contributed by atoms with Gasteiger partial charge in [-0.1, -0.05) is 6.42 Å². The average molecular weight is 340 g/mol. The second-order valence-corrected chi connectivity index (χ2v) is 6.94. The van der Waals surface area contributed by atoms with Crippen LogP contribution in [-0.4, -0.2) is 32.0 Å². The summed E-state index contributed by atoms with van der Waals surface area (Å²) in [7, 11) is 0. The molecule has 2 bridgehead atoms. The number of fused-ring (bicyclic) bond motifs is 2. The quantitative estimate of drug-likeness (QED) is 0.816. The Morgan fingerprint density at radius 1 is 1.12 bits per heavy atom. The zero-order valence-corrected chi connectivity index (χ0v) is 13.8. The maximum Gasteiger partial charge on any atom is 0.269 e. The zero-order chi connectivity index (χ0) is 17.2. The second-order valence-electron chi connectivity index (χ2n) is 6.94. The van der Waals surface area contributed by atoms with Crippen LogP contribution in [0.5, 0.6) is 0 Å². The van der Waals surface area contributed by atoms with Crippen LogP contribution in [0.3, 0.4) is 0 Å². The molecule has 4 rings (SSSR count). The van der Waals surface area contributed by atoms with Gasteiger partial charge in [-0.15, -0.1) is 5.10 Å². The van der Waals surface area contributed by atoms with Crippen LogP contribution in [0.2, 0.25) is 0 Å². The molecule has 0 saturated heterocycles. The minimum absolute atomic E-state index is 0.115. The first-order valence-electron chi connectivity index (χ1n) is 8.61. The minimum Gasteiger partial charge on any atom is -0.273 e. The van der Waals surface area contributed by atoms with Crippen molar-refractivity contribution >= 4 is 11.8 Å². The van der Waals surface area contributed by atoms with Crippen LogP contribution in [-0.2, 0) is 4.79 Å². The van der Waals surface area contributed by atoms with Crippen molar-refractivity contribution in [2.75, 3.05) is 0 Å². The van der Waals surface area contributed by atoms with E-state index in [1.54, 1.807) is 24.3 Å². The van der Waals surface area contributed by atoms with Crippen molar-refractivity contribution in [1.82, 2.24) is 31.1 Å². The lowest BCUT2D eigenvalue weighted by atomic mass is 9.86.